The smallest absolute Gasteiger partial charge is 0.416 e. The van der Waals surface area contributed by atoms with Gasteiger partial charge >= 0.3 is 6.18 Å². The van der Waals surface area contributed by atoms with Crippen molar-refractivity contribution in [2.75, 3.05) is 18.6 Å². The van der Waals surface area contributed by atoms with Gasteiger partial charge in [-0.2, -0.15) is 18.4 Å². The number of nitrogens with one attached hydrogen (secondary N) is 1. The van der Waals surface area contributed by atoms with Gasteiger partial charge in [0.2, 0.25) is 5.91 Å². The second kappa shape index (κ2) is 10.4. The number of hydrogen-bond acceptors (Lipinski definition) is 5. The highest BCUT2D eigenvalue weighted by atomic mass is 35.5. The minimum Gasteiger partial charge on any atom is -0.494 e. The van der Waals surface area contributed by atoms with Gasteiger partial charge in [-0.05, 0) is 61.4 Å². The van der Waals surface area contributed by atoms with E-state index in [1.165, 1.54) is 11.9 Å². The number of anilines is 1. The Labute approximate surface area is 203 Å². The summed E-state index contributed by atoms with van der Waals surface area (Å²) >= 11 is 7.06. The highest BCUT2D eigenvalue weighted by Crippen LogP contribution is 2.43. The predicted octanol–water partition coefficient (Wildman–Crippen LogP) is 4.93. The van der Waals surface area contributed by atoms with E-state index in [-0.39, 0.29) is 27.6 Å². The number of amides is 2. The van der Waals surface area contributed by atoms with Crippen LogP contribution in [0.5, 0.6) is 5.75 Å². The zero-order valence-corrected chi connectivity index (χ0v) is 19.6. The minimum absolute atomic E-state index is 0.0817. The number of rotatable bonds is 6. The molecule has 1 atom stereocenters. The minimum atomic E-state index is -4.57. The third-order valence-electron chi connectivity index (χ3n) is 4.92. The van der Waals surface area contributed by atoms with Gasteiger partial charge in [0.1, 0.15) is 22.4 Å². The molecule has 2 aromatic rings. The SMILES string of the molecule is CCOc1ccc(N2C(=O)C(Cc3cc(C(F)(F)F)ccc3Cl)S/C2=C(/C#N)C(=O)NC)cc1. The molecule has 1 unspecified atom stereocenters. The van der Waals surface area contributed by atoms with E-state index in [0.717, 1.165) is 30.0 Å². The van der Waals surface area contributed by atoms with E-state index in [1.54, 1.807) is 24.3 Å². The number of ether oxygens (including phenoxy) is 1. The maximum Gasteiger partial charge on any atom is 0.416 e. The van der Waals surface area contributed by atoms with Crippen molar-refractivity contribution in [1.29, 1.82) is 5.26 Å². The fourth-order valence-electron chi connectivity index (χ4n) is 3.31. The van der Waals surface area contributed by atoms with E-state index < -0.39 is 28.8 Å². The van der Waals surface area contributed by atoms with Gasteiger partial charge in [0.25, 0.3) is 5.91 Å². The van der Waals surface area contributed by atoms with Crippen LogP contribution in [0.25, 0.3) is 0 Å². The molecule has 0 aliphatic carbocycles. The molecule has 1 heterocycles. The normalized spacial score (nSPS) is 17.4. The molecule has 1 aliphatic rings. The summed E-state index contributed by atoms with van der Waals surface area (Å²) in [5.74, 6) is -0.615. The molecule has 3 rings (SSSR count). The second-order valence-electron chi connectivity index (χ2n) is 7.09. The van der Waals surface area contributed by atoms with Gasteiger partial charge in [-0.25, -0.2) is 0 Å². The van der Waals surface area contributed by atoms with Crippen LogP contribution in [0, 0.1) is 11.3 Å². The Kier molecular flexibility index (Phi) is 7.79. The van der Waals surface area contributed by atoms with Crippen molar-refractivity contribution >= 4 is 40.9 Å². The molecule has 6 nitrogen and oxygen atoms in total. The molecule has 34 heavy (non-hydrogen) atoms. The lowest BCUT2D eigenvalue weighted by molar-refractivity contribution is -0.137. The fourth-order valence-corrected chi connectivity index (χ4v) is 4.80. The number of carbonyl (C=O) groups excluding carboxylic acids is 2. The van der Waals surface area contributed by atoms with Gasteiger partial charge < -0.3 is 10.1 Å². The van der Waals surface area contributed by atoms with E-state index in [9.17, 15) is 28.0 Å². The van der Waals surface area contributed by atoms with Gasteiger partial charge in [-0.3, -0.25) is 14.5 Å². The lowest BCUT2D eigenvalue weighted by Gasteiger charge is -2.19. The standard InChI is InChI=1S/C23H19ClF3N3O3S/c1-3-33-16-7-5-15(6-8-16)30-21(32)19(34-22(30)17(12-28)20(31)29-2)11-13-10-14(23(25,26)27)4-9-18(13)24/h4-10,19H,3,11H2,1-2H3,(H,29,31)/b22-17-. The predicted molar refractivity (Wildman–Crippen MR) is 123 cm³/mol. The third-order valence-corrected chi connectivity index (χ3v) is 6.55. The van der Waals surface area contributed by atoms with Gasteiger partial charge in [-0.15, -0.1) is 0 Å². The second-order valence-corrected chi connectivity index (χ2v) is 8.68. The van der Waals surface area contributed by atoms with Crippen LogP contribution in [0.2, 0.25) is 5.02 Å². The Bertz CT molecular complexity index is 1180. The van der Waals surface area contributed by atoms with E-state index >= 15 is 0 Å². The summed E-state index contributed by atoms with van der Waals surface area (Å²) in [6.07, 6.45) is -4.70. The van der Waals surface area contributed by atoms with Crippen molar-refractivity contribution in [3.63, 3.8) is 0 Å². The first-order chi connectivity index (χ1) is 16.1. The van der Waals surface area contributed by atoms with Crippen LogP contribution in [0.4, 0.5) is 18.9 Å². The molecule has 11 heteroatoms. The lowest BCUT2D eigenvalue weighted by atomic mass is 10.0. The molecular formula is C23H19ClF3N3O3S. The highest BCUT2D eigenvalue weighted by molar-refractivity contribution is 8.05. The number of nitriles is 1. The van der Waals surface area contributed by atoms with Crippen LogP contribution in [0.3, 0.4) is 0 Å². The quantitative estimate of drug-likeness (QED) is 0.441. The van der Waals surface area contributed by atoms with Crippen LogP contribution >= 0.6 is 23.4 Å². The van der Waals surface area contributed by atoms with Crippen molar-refractivity contribution in [3.05, 3.63) is 69.2 Å². The number of likely N-dealkylation sites (N-methyl/N-ethyl adjacent to an activating group) is 1. The van der Waals surface area contributed by atoms with Crippen molar-refractivity contribution < 1.29 is 27.5 Å². The summed E-state index contributed by atoms with van der Waals surface area (Å²) < 4.78 is 45.0. The molecule has 0 aromatic heterocycles. The van der Waals surface area contributed by atoms with Gasteiger partial charge in [0.05, 0.1) is 17.4 Å². The van der Waals surface area contributed by atoms with Gasteiger partial charge in [0.15, 0.2) is 0 Å². The molecule has 1 fully saturated rings. The van der Waals surface area contributed by atoms with Crippen LogP contribution < -0.4 is 15.0 Å². The number of alkyl halides is 3. The first-order valence-corrected chi connectivity index (χ1v) is 11.3. The van der Waals surface area contributed by atoms with Crippen molar-refractivity contribution in [3.8, 4) is 11.8 Å². The summed E-state index contributed by atoms with van der Waals surface area (Å²) in [5.41, 5.74) is -0.657. The van der Waals surface area contributed by atoms with E-state index in [2.05, 4.69) is 5.32 Å². The third kappa shape index (κ3) is 5.32. The fraction of sp³-hybridized carbons (Fsp3) is 0.261. The maximum atomic E-state index is 13.4. The van der Waals surface area contributed by atoms with Crippen LogP contribution in [-0.2, 0) is 22.2 Å². The maximum absolute atomic E-state index is 13.4. The molecule has 1 N–H and O–H groups in total. The molecule has 2 aromatic carbocycles. The molecule has 0 spiro atoms. The van der Waals surface area contributed by atoms with Crippen molar-refractivity contribution in [2.45, 2.75) is 24.8 Å². The summed E-state index contributed by atoms with van der Waals surface area (Å²) in [5, 5.41) is 11.2. The Hall–Kier alpha value is -3.16. The molecule has 1 saturated heterocycles. The molecule has 2 amide bonds. The Morgan fingerprint density at radius 2 is 1.94 bits per heavy atom. The van der Waals surface area contributed by atoms with Crippen LogP contribution in [0.1, 0.15) is 18.1 Å². The lowest BCUT2D eigenvalue weighted by Crippen LogP contribution is -2.31. The van der Waals surface area contributed by atoms with E-state index in [4.69, 9.17) is 16.3 Å². The van der Waals surface area contributed by atoms with E-state index in [1.807, 2.05) is 13.0 Å². The Morgan fingerprint density at radius 3 is 2.50 bits per heavy atom. The van der Waals surface area contributed by atoms with Crippen LogP contribution in [-0.4, -0.2) is 30.7 Å². The topological polar surface area (TPSA) is 82.4 Å². The van der Waals surface area contributed by atoms with E-state index in [0.29, 0.717) is 18.0 Å². The Morgan fingerprint density at radius 1 is 1.26 bits per heavy atom. The van der Waals surface area contributed by atoms with Gasteiger partial charge in [0, 0.05) is 17.8 Å². The van der Waals surface area contributed by atoms with Gasteiger partial charge in [-0.1, -0.05) is 23.4 Å². The number of nitrogens with zero attached hydrogens (tertiary/aromatic N) is 2. The summed E-state index contributed by atoms with van der Waals surface area (Å²) in [6.45, 7) is 2.26. The largest absolute Gasteiger partial charge is 0.494 e. The number of benzene rings is 2. The summed E-state index contributed by atoms with van der Waals surface area (Å²) in [7, 11) is 1.35. The number of hydrogen-bond donors (Lipinski definition) is 1. The van der Waals surface area contributed by atoms with Crippen molar-refractivity contribution in [2.24, 2.45) is 0 Å². The summed E-state index contributed by atoms with van der Waals surface area (Å²) in [6, 6.07) is 11.2. The van der Waals surface area contributed by atoms with Crippen molar-refractivity contribution in [1.82, 2.24) is 5.32 Å². The van der Waals surface area contributed by atoms with Crippen LogP contribution in [0.15, 0.2) is 53.1 Å². The molecule has 0 saturated carbocycles. The molecule has 1 aliphatic heterocycles. The summed E-state index contributed by atoms with van der Waals surface area (Å²) in [4.78, 5) is 26.9. The zero-order valence-electron chi connectivity index (χ0n) is 18.1. The molecule has 0 bridgehead atoms. The average molecular weight is 510 g/mol. The molecule has 0 radical (unpaired) electrons. The average Bonchev–Trinajstić information content (AvgIpc) is 3.11. The highest BCUT2D eigenvalue weighted by Gasteiger charge is 2.41. The number of thioether (sulfide) groups is 1. The first kappa shape index (κ1) is 25.5. The number of carbonyl (C=O) groups is 2. The monoisotopic (exact) mass is 509 g/mol. The first-order valence-electron chi connectivity index (χ1n) is 10.1. The zero-order chi connectivity index (χ0) is 25.0. The molecular weight excluding hydrogens is 491 g/mol. The Balaban J connectivity index is 2.04. The number of halogens is 4. The molecule has 178 valence electrons.